The quantitative estimate of drug-likeness (QED) is 0.944. The lowest BCUT2D eigenvalue weighted by molar-refractivity contribution is -0.136. The zero-order valence-corrected chi connectivity index (χ0v) is 13.9. The smallest absolute Gasteiger partial charge is 0.231 e. The van der Waals surface area contributed by atoms with Gasteiger partial charge in [0, 0.05) is 25.2 Å². The Labute approximate surface area is 142 Å². The molecule has 124 valence electrons. The summed E-state index contributed by atoms with van der Waals surface area (Å²) in [6.45, 7) is 2.34. The zero-order chi connectivity index (χ0) is 16.5. The first-order valence-electron chi connectivity index (χ1n) is 8.51. The molecule has 2 aliphatic rings. The van der Waals surface area contributed by atoms with E-state index in [1.54, 1.807) is 7.11 Å². The summed E-state index contributed by atoms with van der Waals surface area (Å²) in [5.74, 6) is 1.10. The van der Waals surface area contributed by atoms with Crippen LogP contribution < -0.4 is 10.1 Å². The summed E-state index contributed by atoms with van der Waals surface area (Å²) >= 11 is 0. The van der Waals surface area contributed by atoms with Gasteiger partial charge in [0.1, 0.15) is 5.75 Å². The van der Waals surface area contributed by atoms with Gasteiger partial charge in [-0.25, -0.2) is 0 Å². The van der Waals surface area contributed by atoms with Gasteiger partial charge in [-0.2, -0.15) is 0 Å². The fourth-order valence-corrected chi connectivity index (χ4v) is 3.87. The number of fused-ring (bicyclic) bond motifs is 1. The van der Waals surface area contributed by atoms with Gasteiger partial charge in [0.2, 0.25) is 5.91 Å². The number of ether oxygens (including phenoxy) is 1. The summed E-state index contributed by atoms with van der Waals surface area (Å²) in [5, 5.41) is 3.41. The van der Waals surface area contributed by atoms with Gasteiger partial charge in [-0.3, -0.25) is 4.79 Å². The van der Waals surface area contributed by atoms with Crippen LogP contribution in [0.5, 0.6) is 5.75 Å². The largest absolute Gasteiger partial charge is 0.496 e. The molecule has 1 heterocycles. The van der Waals surface area contributed by atoms with Crippen LogP contribution in [0, 0.1) is 0 Å². The molecular formula is C20H22N2O2. The van der Waals surface area contributed by atoms with Crippen molar-refractivity contribution in [3.63, 3.8) is 0 Å². The van der Waals surface area contributed by atoms with Crippen molar-refractivity contribution in [2.24, 2.45) is 0 Å². The third-order valence-corrected chi connectivity index (χ3v) is 5.18. The molecule has 2 atom stereocenters. The molecular weight excluding hydrogens is 300 g/mol. The third kappa shape index (κ3) is 2.47. The van der Waals surface area contributed by atoms with Crippen molar-refractivity contribution in [1.29, 1.82) is 0 Å². The van der Waals surface area contributed by atoms with Gasteiger partial charge in [-0.1, -0.05) is 42.5 Å². The number of nitrogens with zero attached hydrogens (tertiary/aromatic N) is 1. The molecule has 4 nitrogen and oxygen atoms in total. The van der Waals surface area contributed by atoms with Crippen LogP contribution >= 0.6 is 0 Å². The monoisotopic (exact) mass is 322 g/mol. The van der Waals surface area contributed by atoms with E-state index >= 15 is 0 Å². The fraction of sp³-hybridized carbons (Fsp3) is 0.350. The summed E-state index contributed by atoms with van der Waals surface area (Å²) in [7, 11) is 1.68. The maximum atomic E-state index is 13.2. The van der Waals surface area contributed by atoms with E-state index in [1.807, 2.05) is 35.2 Å². The predicted octanol–water partition coefficient (Wildman–Crippen LogP) is 2.51. The maximum Gasteiger partial charge on any atom is 0.231 e. The standard InChI is InChI=1S/C20H22N2O2/c1-24-19-9-5-4-8-16(19)18-13-21-10-11-22(18)20(23)17-12-14-6-2-3-7-15(14)17/h2-9,17-18,21H,10-13H2,1H3. The molecule has 1 saturated heterocycles. The number of hydrogen-bond donors (Lipinski definition) is 1. The molecule has 2 unspecified atom stereocenters. The summed E-state index contributed by atoms with van der Waals surface area (Å²) < 4.78 is 5.52. The van der Waals surface area contributed by atoms with E-state index in [0.717, 1.165) is 37.4 Å². The predicted molar refractivity (Wildman–Crippen MR) is 93.2 cm³/mol. The Morgan fingerprint density at radius 3 is 2.67 bits per heavy atom. The number of piperazine rings is 1. The second-order valence-electron chi connectivity index (χ2n) is 6.45. The van der Waals surface area contributed by atoms with Crippen LogP contribution in [0.3, 0.4) is 0 Å². The molecule has 4 heteroatoms. The number of nitrogens with one attached hydrogen (secondary N) is 1. The minimum absolute atomic E-state index is 0.0107. The van der Waals surface area contributed by atoms with Crippen LogP contribution in [0.4, 0.5) is 0 Å². The molecule has 0 spiro atoms. The normalized spacial score (nSPS) is 22.5. The van der Waals surface area contributed by atoms with Gasteiger partial charge in [0.25, 0.3) is 0 Å². The molecule has 0 saturated carbocycles. The molecule has 2 aromatic carbocycles. The van der Waals surface area contributed by atoms with E-state index in [4.69, 9.17) is 4.74 Å². The van der Waals surface area contributed by atoms with Crippen molar-refractivity contribution in [1.82, 2.24) is 10.2 Å². The number of methoxy groups -OCH3 is 1. The second kappa shape index (κ2) is 6.29. The van der Waals surface area contributed by atoms with Gasteiger partial charge in [0.05, 0.1) is 19.1 Å². The average Bonchev–Trinajstić information content (AvgIpc) is 2.62. The molecule has 1 aliphatic carbocycles. The number of rotatable bonds is 3. The Balaban J connectivity index is 1.62. The van der Waals surface area contributed by atoms with Crippen LogP contribution in [0.15, 0.2) is 48.5 Å². The topological polar surface area (TPSA) is 41.6 Å². The van der Waals surface area contributed by atoms with E-state index in [1.165, 1.54) is 11.1 Å². The lowest BCUT2D eigenvalue weighted by Crippen LogP contribution is -2.51. The minimum Gasteiger partial charge on any atom is -0.496 e. The van der Waals surface area contributed by atoms with Crippen LogP contribution in [0.2, 0.25) is 0 Å². The highest BCUT2D eigenvalue weighted by Crippen LogP contribution is 2.39. The maximum absolute atomic E-state index is 13.2. The lowest BCUT2D eigenvalue weighted by atomic mass is 9.76. The molecule has 0 bridgehead atoms. The summed E-state index contributed by atoms with van der Waals surface area (Å²) in [6, 6.07) is 16.3. The van der Waals surface area contributed by atoms with Crippen LogP contribution in [-0.2, 0) is 11.2 Å². The lowest BCUT2D eigenvalue weighted by Gasteiger charge is -2.41. The third-order valence-electron chi connectivity index (χ3n) is 5.18. The highest BCUT2D eigenvalue weighted by atomic mass is 16.5. The van der Waals surface area contributed by atoms with Gasteiger partial charge in [-0.15, -0.1) is 0 Å². The highest BCUT2D eigenvalue weighted by Gasteiger charge is 2.38. The van der Waals surface area contributed by atoms with Gasteiger partial charge in [-0.05, 0) is 23.6 Å². The van der Waals surface area contributed by atoms with Crippen molar-refractivity contribution < 1.29 is 9.53 Å². The number of carbonyl (C=O) groups is 1. The Hall–Kier alpha value is -2.33. The number of carbonyl (C=O) groups excluding carboxylic acids is 1. The van der Waals surface area contributed by atoms with Crippen molar-refractivity contribution in [3.8, 4) is 5.75 Å². The van der Waals surface area contributed by atoms with Crippen LogP contribution in [0.1, 0.15) is 28.7 Å². The minimum atomic E-state index is 0.0107. The van der Waals surface area contributed by atoms with Crippen LogP contribution in [-0.4, -0.2) is 37.6 Å². The second-order valence-corrected chi connectivity index (χ2v) is 6.45. The number of para-hydroxylation sites is 1. The van der Waals surface area contributed by atoms with Crippen molar-refractivity contribution in [2.75, 3.05) is 26.7 Å². The van der Waals surface area contributed by atoms with Crippen LogP contribution in [0.25, 0.3) is 0 Å². The molecule has 1 fully saturated rings. The summed E-state index contributed by atoms with van der Waals surface area (Å²) in [4.78, 5) is 15.2. The van der Waals surface area contributed by atoms with E-state index in [-0.39, 0.29) is 17.9 Å². The molecule has 1 N–H and O–H groups in total. The van der Waals surface area contributed by atoms with E-state index in [2.05, 4.69) is 23.5 Å². The first-order chi connectivity index (χ1) is 11.8. The first-order valence-corrected chi connectivity index (χ1v) is 8.51. The van der Waals surface area contributed by atoms with Crippen molar-refractivity contribution in [2.45, 2.75) is 18.4 Å². The van der Waals surface area contributed by atoms with Gasteiger partial charge in [0.15, 0.2) is 0 Å². The zero-order valence-electron chi connectivity index (χ0n) is 13.9. The molecule has 4 rings (SSSR count). The Morgan fingerprint density at radius 2 is 1.88 bits per heavy atom. The Kier molecular flexibility index (Phi) is 3.98. The SMILES string of the molecule is COc1ccccc1C1CNCCN1C(=O)C1Cc2ccccc21. The van der Waals surface area contributed by atoms with Crippen molar-refractivity contribution in [3.05, 3.63) is 65.2 Å². The number of amides is 1. The fourth-order valence-electron chi connectivity index (χ4n) is 3.87. The van der Waals surface area contributed by atoms with Gasteiger partial charge < -0.3 is 15.0 Å². The van der Waals surface area contributed by atoms with E-state index < -0.39 is 0 Å². The molecule has 1 amide bonds. The first kappa shape index (κ1) is 15.2. The summed E-state index contributed by atoms with van der Waals surface area (Å²) in [5.41, 5.74) is 3.58. The Morgan fingerprint density at radius 1 is 1.12 bits per heavy atom. The molecule has 24 heavy (non-hydrogen) atoms. The molecule has 1 aliphatic heterocycles. The molecule has 0 radical (unpaired) electrons. The highest BCUT2D eigenvalue weighted by molar-refractivity contribution is 5.87. The number of hydrogen-bond acceptors (Lipinski definition) is 3. The van der Waals surface area contributed by atoms with E-state index in [0.29, 0.717) is 0 Å². The number of benzene rings is 2. The molecule has 0 aromatic heterocycles. The van der Waals surface area contributed by atoms with Gasteiger partial charge >= 0.3 is 0 Å². The summed E-state index contributed by atoms with van der Waals surface area (Å²) in [6.07, 6.45) is 0.859. The Bertz CT molecular complexity index is 759. The molecule has 2 aromatic rings. The average molecular weight is 322 g/mol. The van der Waals surface area contributed by atoms with Crippen molar-refractivity contribution >= 4 is 5.91 Å². The van der Waals surface area contributed by atoms with E-state index in [9.17, 15) is 4.79 Å².